The van der Waals surface area contributed by atoms with E-state index in [0.717, 1.165) is 25.2 Å². The third-order valence-corrected chi connectivity index (χ3v) is 12.7. The number of benzene rings is 5. The van der Waals surface area contributed by atoms with Crippen molar-refractivity contribution in [2.75, 3.05) is 4.90 Å². The van der Waals surface area contributed by atoms with Gasteiger partial charge in [0.25, 0.3) is 0 Å². The van der Waals surface area contributed by atoms with Crippen molar-refractivity contribution < 1.29 is 13.5 Å². The van der Waals surface area contributed by atoms with Gasteiger partial charge in [-0.05, 0) is 55.2 Å². The van der Waals surface area contributed by atoms with Gasteiger partial charge >= 0.3 is 169 Å². The monoisotopic (exact) mass is 831 g/mol. The minimum absolute atomic E-state index is 0.117. The fraction of sp³-hybridized carbons (Fsp3) is 0.333. The number of fused-ring (bicyclic) bond motifs is 2. The van der Waals surface area contributed by atoms with Gasteiger partial charge in [0.2, 0.25) is 0 Å². The van der Waals surface area contributed by atoms with E-state index in [1.165, 1.54) is 52.8 Å². The zero-order chi connectivity index (χ0) is 37.6. The third kappa shape index (κ3) is 9.61. The molecule has 53 heavy (non-hydrogen) atoms. The predicted molar refractivity (Wildman–Crippen MR) is 226 cm³/mol. The molecule has 1 fully saturated rings. The van der Waals surface area contributed by atoms with E-state index in [0.29, 0.717) is 11.8 Å². The quantitative estimate of drug-likeness (QED) is 0.102. The van der Waals surface area contributed by atoms with Gasteiger partial charge in [0.15, 0.2) is 0 Å². The van der Waals surface area contributed by atoms with Crippen molar-refractivity contribution in [1.82, 2.24) is 4.90 Å². The van der Waals surface area contributed by atoms with Gasteiger partial charge in [0.05, 0.1) is 0 Å². The Hall–Kier alpha value is -3.07. The standard InChI is InChI=1S/C26H34N.C22H21N.2ClH.Ru/c1-18(2)21-11-9-12-22(19(3)4)24(21)27-17-26(16-25(27,5)6)15-14-20-10-7-8-13-23(20)26;1-19-10-8-9-15-22(19)18-23(16-20-11-4-2-5-12-20)17-21-13-6-3-7-14-21;;;/h7-13,17-19H,14-16H2,1-6H3;1-15H,16-18H2;2*1H;/q-1;;;;+2/p-2/t26-;;;;/m0..../s1. The molecular weight excluding hydrogens is 777 g/mol. The molecule has 5 aromatic rings. The number of hydrogen-bond acceptors (Lipinski definition) is 2. The topological polar surface area (TPSA) is 6.48 Å². The van der Waals surface area contributed by atoms with Crippen LogP contribution in [0.4, 0.5) is 5.69 Å². The second kappa shape index (κ2) is 17.6. The fourth-order valence-corrected chi connectivity index (χ4v) is 10.4. The molecule has 7 rings (SSSR count). The van der Waals surface area contributed by atoms with Crippen molar-refractivity contribution in [3.63, 3.8) is 0 Å². The van der Waals surface area contributed by atoms with Gasteiger partial charge in [-0.3, -0.25) is 0 Å². The summed E-state index contributed by atoms with van der Waals surface area (Å²) in [5.74, 6) is 1.05. The van der Waals surface area contributed by atoms with E-state index < -0.39 is 13.5 Å². The van der Waals surface area contributed by atoms with Crippen LogP contribution in [-0.2, 0) is 45.0 Å². The first-order chi connectivity index (χ1) is 25.5. The molecule has 280 valence electrons. The van der Waals surface area contributed by atoms with Crippen LogP contribution in [0.5, 0.6) is 0 Å². The van der Waals surface area contributed by atoms with Crippen molar-refractivity contribution in [1.29, 1.82) is 0 Å². The van der Waals surface area contributed by atoms with E-state index in [9.17, 15) is 0 Å². The van der Waals surface area contributed by atoms with Crippen molar-refractivity contribution in [3.8, 4) is 0 Å². The molecule has 1 heterocycles. The summed E-state index contributed by atoms with van der Waals surface area (Å²) in [5.41, 5.74) is 12.9. The van der Waals surface area contributed by atoms with E-state index in [4.69, 9.17) is 19.4 Å². The Labute approximate surface area is 332 Å². The fourth-order valence-electron chi connectivity index (χ4n) is 8.47. The van der Waals surface area contributed by atoms with Crippen molar-refractivity contribution in [2.45, 2.75) is 103 Å². The first-order valence-electron chi connectivity index (χ1n) is 19.0. The molecule has 1 saturated heterocycles. The Morgan fingerprint density at radius 3 is 1.83 bits per heavy atom. The summed E-state index contributed by atoms with van der Waals surface area (Å²) in [6.07, 6.45) is 3.65. The summed E-state index contributed by atoms with van der Waals surface area (Å²) in [4.78, 5) is 5.11. The van der Waals surface area contributed by atoms with Gasteiger partial charge in [0.1, 0.15) is 0 Å². The maximum absolute atomic E-state index is 6.12. The number of hydrogen-bond donors (Lipinski definition) is 0. The Balaban J connectivity index is 0.000000182. The second-order valence-corrected chi connectivity index (χ2v) is 21.7. The number of halogens is 2. The third-order valence-electron chi connectivity index (χ3n) is 10.9. The summed E-state index contributed by atoms with van der Waals surface area (Å²) >= 11 is -1.85. The molecule has 1 aliphatic heterocycles. The van der Waals surface area contributed by atoms with Crippen molar-refractivity contribution in [2.24, 2.45) is 0 Å². The van der Waals surface area contributed by atoms with Crippen LogP contribution in [-0.4, -0.2) is 15.0 Å². The summed E-state index contributed by atoms with van der Waals surface area (Å²) in [6.45, 7) is 19.4. The normalized spacial score (nSPS) is 17.6. The van der Waals surface area contributed by atoms with Crippen LogP contribution in [0.2, 0.25) is 0 Å². The van der Waals surface area contributed by atoms with Gasteiger partial charge in [-0.2, -0.15) is 0 Å². The average Bonchev–Trinajstić information content (AvgIpc) is 3.63. The molecule has 2 nitrogen and oxygen atoms in total. The predicted octanol–water partition coefficient (Wildman–Crippen LogP) is 12.9. The van der Waals surface area contributed by atoms with Crippen LogP contribution < -0.4 is 4.90 Å². The number of para-hydroxylation sites is 1. The van der Waals surface area contributed by atoms with Crippen LogP contribution in [0.25, 0.3) is 0 Å². The molecule has 1 spiro atoms. The van der Waals surface area contributed by atoms with Gasteiger partial charge in [-0.15, -0.1) is 5.41 Å². The Morgan fingerprint density at radius 1 is 0.698 bits per heavy atom. The second-order valence-electron chi connectivity index (χ2n) is 16.0. The number of nitrogens with zero attached hydrogens (tertiary/aromatic N) is 2. The molecule has 0 N–H and O–H groups in total. The van der Waals surface area contributed by atoms with E-state index in [1.54, 1.807) is 11.1 Å². The molecule has 0 bridgehead atoms. The number of rotatable bonds is 10. The van der Waals surface area contributed by atoms with Crippen LogP contribution in [0, 0.1) is 6.54 Å². The average molecular weight is 832 g/mol. The van der Waals surface area contributed by atoms with E-state index in [1.807, 2.05) is 10.7 Å². The molecule has 1 aliphatic carbocycles. The van der Waals surface area contributed by atoms with E-state index in [-0.39, 0.29) is 11.0 Å². The summed E-state index contributed by atoms with van der Waals surface area (Å²) in [5, 5.41) is 0. The molecule has 0 saturated carbocycles. The van der Waals surface area contributed by atoms with Gasteiger partial charge in [-0.25, -0.2) is 6.54 Å². The molecule has 0 aromatic heterocycles. The first kappa shape index (κ1) is 39.6. The van der Waals surface area contributed by atoms with Crippen LogP contribution in [0.15, 0.2) is 127 Å². The first-order valence-corrected chi connectivity index (χ1v) is 24.5. The van der Waals surface area contributed by atoms with Gasteiger partial charge in [-0.1, -0.05) is 82.1 Å². The Kier molecular flexibility index (Phi) is 13.2. The molecular formula is C48H55Cl2N2Ru-. The summed E-state index contributed by atoms with van der Waals surface area (Å²) < 4.78 is 2.03. The maximum atomic E-state index is 6.12. The van der Waals surface area contributed by atoms with E-state index >= 15 is 0 Å². The Morgan fingerprint density at radius 2 is 1.25 bits per heavy atom. The van der Waals surface area contributed by atoms with Crippen molar-refractivity contribution in [3.05, 3.63) is 178 Å². The molecule has 5 aromatic carbocycles. The summed E-state index contributed by atoms with van der Waals surface area (Å²) in [7, 11) is 12.2. The molecule has 5 heteroatoms. The van der Waals surface area contributed by atoms with Crippen LogP contribution in [0.1, 0.15) is 111 Å². The number of aryl methyl sites for hydroxylation is 1. The van der Waals surface area contributed by atoms with Gasteiger partial charge in [0, 0.05) is 11.2 Å². The zero-order valence-electron chi connectivity index (χ0n) is 32.2. The van der Waals surface area contributed by atoms with Gasteiger partial charge < -0.3 is 4.90 Å². The van der Waals surface area contributed by atoms with Crippen molar-refractivity contribution >= 4 is 29.7 Å². The molecule has 0 amide bonds. The zero-order valence-corrected chi connectivity index (χ0v) is 35.4. The summed E-state index contributed by atoms with van der Waals surface area (Å²) in [6, 6.07) is 45.6. The van der Waals surface area contributed by atoms with E-state index in [2.05, 4.69) is 179 Å². The molecule has 0 unspecified atom stereocenters. The van der Waals surface area contributed by atoms with Crippen LogP contribution in [0.3, 0.4) is 0 Å². The van der Waals surface area contributed by atoms with Crippen LogP contribution >= 0.6 is 19.4 Å². The molecule has 1 atom stereocenters. The number of anilines is 1. The minimum atomic E-state index is -1.85. The SMILES string of the molecule is CC(C)c1cccc(C(C)C)c1N1[CH-][C@]2(CCc3ccccc32)CC1(C)C.[Cl][Ru]([Cl])=[CH]c1ccccc1CN(Cc1ccccc1)Cc1ccccc1. The molecule has 0 radical (unpaired) electrons. The molecule has 2 aliphatic rings. The Bertz CT molecular complexity index is 1920.